The van der Waals surface area contributed by atoms with Gasteiger partial charge in [-0.2, -0.15) is 5.10 Å². The maximum absolute atomic E-state index is 12.8. The number of carbonyl (C=O) groups is 1. The molecule has 0 heterocycles. The van der Waals surface area contributed by atoms with E-state index in [1.54, 1.807) is 24.3 Å². The van der Waals surface area contributed by atoms with Crippen LogP contribution in [0.25, 0.3) is 0 Å². The van der Waals surface area contributed by atoms with Crippen molar-refractivity contribution < 1.29 is 9.18 Å². The molecule has 1 amide bonds. The number of benzene rings is 2. The van der Waals surface area contributed by atoms with E-state index < -0.39 is 0 Å². The van der Waals surface area contributed by atoms with Gasteiger partial charge in [0.1, 0.15) is 5.82 Å². The molecule has 2 aromatic carbocycles. The van der Waals surface area contributed by atoms with Gasteiger partial charge in [-0.15, -0.1) is 23.2 Å². The van der Waals surface area contributed by atoms with Crippen LogP contribution >= 0.6 is 23.2 Å². The topological polar surface area (TPSA) is 44.7 Å². The lowest BCUT2D eigenvalue weighted by atomic mass is 10.2. The second kappa shape index (κ2) is 10.0. The monoisotopic (exact) mass is 381 g/mol. The van der Waals surface area contributed by atoms with Crippen LogP contribution in [0.2, 0.25) is 0 Å². The van der Waals surface area contributed by atoms with Crippen molar-refractivity contribution in [1.29, 1.82) is 0 Å². The Morgan fingerprint density at radius 2 is 1.64 bits per heavy atom. The second-order valence-corrected chi connectivity index (χ2v) is 5.92. The summed E-state index contributed by atoms with van der Waals surface area (Å²) in [6.07, 6.45) is 1.45. The van der Waals surface area contributed by atoms with E-state index in [2.05, 4.69) is 10.5 Å². The van der Waals surface area contributed by atoms with Crippen LogP contribution in [0.3, 0.4) is 0 Å². The molecule has 0 bridgehead atoms. The minimum Gasteiger partial charge on any atom is -0.369 e. The number of hydrogen-bond donors (Lipinski definition) is 1. The van der Waals surface area contributed by atoms with E-state index in [0.717, 1.165) is 5.69 Å². The van der Waals surface area contributed by atoms with Gasteiger partial charge in [0.05, 0.1) is 6.21 Å². The molecule has 0 saturated carbocycles. The van der Waals surface area contributed by atoms with Crippen molar-refractivity contribution in [2.75, 3.05) is 29.7 Å². The fraction of sp³-hybridized carbons (Fsp3) is 0.222. The first-order chi connectivity index (χ1) is 12.1. The number of nitrogens with zero attached hydrogens (tertiary/aromatic N) is 2. The molecule has 0 spiro atoms. The maximum Gasteiger partial charge on any atom is 0.271 e. The molecule has 0 fully saturated rings. The normalized spacial score (nSPS) is 10.8. The number of rotatable bonds is 8. The van der Waals surface area contributed by atoms with E-state index in [1.165, 1.54) is 18.3 Å². The lowest BCUT2D eigenvalue weighted by Gasteiger charge is -2.22. The molecule has 0 aliphatic rings. The molecule has 2 rings (SSSR count). The number of amides is 1. The van der Waals surface area contributed by atoms with Crippen LogP contribution < -0.4 is 10.3 Å². The molecule has 4 nitrogen and oxygen atoms in total. The molecule has 2 aromatic rings. The van der Waals surface area contributed by atoms with Crippen molar-refractivity contribution in [2.24, 2.45) is 5.10 Å². The van der Waals surface area contributed by atoms with Crippen molar-refractivity contribution in [3.8, 4) is 0 Å². The highest BCUT2D eigenvalue weighted by molar-refractivity contribution is 6.18. The lowest BCUT2D eigenvalue weighted by Crippen LogP contribution is -2.27. The Morgan fingerprint density at radius 3 is 2.20 bits per heavy atom. The molecule has 0 unspecified atom stereocenters. The number of alkyl halides is 2. The average Bonchev–Trinajstić information content (AvgIpc) is 2.63. The molecule has 1 N–H and O–H groups in total. The van der Waals surface area contributed by atoms with Crippen molar-refractivity contribution >= 4 is 41.0 Å². The van der Waals surface area contributed by atoms with Crippen molar-refractivity contribution in [3.05, 3.63) is 65.5 Å². The van der Waals surface area contributed by atoms with E-state index in [0.29, 0.717) is 36.0 Å². The van der Waals surface area contributed by atoms with Gasteiger partial charge in [0.15, 0.2) is 0 Å². The van der Waals surface area contributed by atoms with E-state index in [4.69, 9.17) is 23.2 Å². The van der Waals surface area contributed by atoms with Crippen LogP contribution in [-0.2, 0) is 0 Å². The fourth-order valence-corrected chi connectivity index (χ4v) is 2.58. The average molecular weight is 382 g/mol. The molecule has 0 atom stereocenters. The summed E-state index contributed by atoms with van der Waals surface area (Å²) in [6.45, 7) is 1.36. The maximum atomic E-state index is 12.8. The summed E-state index contributed by atoms with van der Waals surface area (Å²) < 4.78 is 12.8. The van der Waals surface area contributed by atoms with Gasteiger partial charge < -0.3 is 4.90 Å². The Bertz CT molecular complexity index is 699. The van der Waals surface area contributed by atoms with Crippen LogP contribution in [0.15, 0.2) is 53.6 Å². The predicted molar refractivity (Wildman–Crippen MR) is 102 cm³/mol. The summed E-state index contributed by atoms with van der Waals surface area (Å²) in [4.78, 5) is 14.1. The smallest absolute Gasteiger partial charge is 0.271 e. The number of anilines is 1. The van der Waals surface area contributed by atoms with Crippen LogP contribution in [0, 0.1) is 5.82 Å². The van der Waals surface area contributed by atoms with Crippen LogP contribution in [0.1, 0.15) is 15.9 Å². The summed E-state index contributed by atoms with van der Waals surface area (Å²) >= 11 is 11.6. The first kappa shape index (κ1) is 19.2. The zero-order chi connectivity index (χ0) is 18.1. The predicted octanol–water partition coefficient (Wildman–Crippen LogP) is 3.87. The first-order valence-corrected chi connectivity index (χ1v) is 8.77. The number of halogens is 3. The van der Waals surface area contributed by atoms with Crippen molar-refractivity contribution in [1.82, 2.24) is 5.43 Å². The Hall–Kier alpha value is -2.11. The Kier molecular flexibility index (Phi) is 7.70. The zero-order valence-electron chi connectivity index (χ0n) is 13.5. The van der Waals surface area contributed by atoms with Crippen LogP contribution in [0.5, 0.6) is 0 Å². The van der Waals surface area contributed by atoms with E-state index in [1.807, 2.05) is 17.0 Å². The third-order valence-corrected chi connectivity index (χ3v) is 3.79. The van der Waals surface area contributed by atoms with Gasteiger partial charge in [-0.3, -0.25) is 4.79 Å². The van der Waals surface area contributed by atoms with Gasteiger partial charge in [-0.05, 0) is 42.0 Å². The molecular weight excluding hydrogens is 364 g/mol. The SMILES string of the molecule is O=C(N/N=C\c1ccc(F)cc1)c1ccc(N(CCCl)CCCl)cc1. The van der Waals surface area contributed by atoms with E-state index in [9.17, 15) is 9.18 Å². The molecule has 0 aromatic heterocycles. The Balaban J connectivity index is 1.96. The molecule has 7 heteroatoms. The number of hydrazone groups is 1. The lowest BCUT2D eigenvalue weighted by molar-refractivity contribution is 0.0955. The summed E-state index contributed by atoms with van der Waals surface area (Å²) in [7, 11) is 0. The van der Waals surface area contributed by atoms with Crippen molar-refractivity contribution in [3.63, 3.8) is 0 Å². The van der Waals surface area contributed by atoms with Crippen LogP contribution in [0.4, 0.5) is 10.1 Å². The largest absolute Gasteiger partial charge is 0.369 e. The third kappa shape index (κ3) is 6.03. The molecule has 0 radical (unpaired) electrons. The minimum atomic E-state index is -0.328. The highest BCUT2D eigenvalue weighted by Crippen LogP contribution is 2.15. The molecule has 0 saturated heterocycles. The highest BCUT2D eigenvalue weighted by Gasteiger charge is 2.08. The molecule has 132 valence electrons. The minimum absolute atomic E-state index is 0.321. The first-order valence-electron chi connectivity index (χ1n) is 7.70. The number of hydrogen-bond acceptors (Lipinski definition) is 3. The molecule has 0 aliphatic heterocycles. The van der Waals surface area contributed by atoms with Gasteiger partial charge >= 0.3 is 0 Å². The van der Waals surface area contributed by atoms with Gasteiger partial charge in [-0.1, -0.05) is 12.1 Å². The summed E-state index contributed by atoms with van der Waals surface area (Å²) in [5.74, 6) is 0.346. The Morgan fingerprint density at radius 1 is 1.04 bits per heavy atom. The van der Waals surface area contributed by atoms with Crippen LogP contribution in [-0.4, -0.2) is 37.0 Å². The van der Waals surface area contributed by atoms with E-state index in [-0.39, 0.29) is 11.7 Å². The van der Waals surface area contributed by atoms with Gasteiger partial charge in [0, 0.05) is 36.1 Å². The Labute approximate surface area is 156 Å². The van der Waals surface area contributed by atoms with Gasteiger partial charge in [0.25, 0.3) is 5.91 Å². The fourth-order valence-electron chi connectivity index (χ4n) is 2.18. The highest BCUT2D eigenvalue weighted by atomic mass is 35.5. The quantitative estimate of drug-likeness (QED) is 0.428. The number of nitrogens with one attached hydrogen (secondary N) is 1. The van der Waals surface area contributed by atoms with Gasteiger partial charge in [0.2, 0.25) is 0 Å². The van der Waals surface area contributed by atoms with E-state index >= 15 is 0 Å². The van der Waals surface area contributed by atoms with Gasteiger partial charge in [-0.25, -0.2) is 9.82 Å². The second-order valence-electron chi connectivity index (χ2n) is 5.16. The summed E-state index contributed by atoms with van der Waals surface area (Å²) in [6, 6.07) is 12.9. The third-order valence-electron chi connectivity index (χ3n) is 3.45. The summed E-state index contributed by atoms with van der Waals surface area (Å²) in [5.41, 5.74) is 4.57. The zero-order valence-corrected chi connectivity index (χ0v) is 15.0. The molecule has 0 aliphatic carbocycles. The number of carbonyl (C=O) groups excluding carboxylic acids is 1. The summed E-state index contributed by atoms with van der Waals surface area (Å²) in [5, 5.41) is 3.87. The standard InChI is InChI=1S/C18H18Cl2FN3O/c19-9-11-24(12-10-20)17-7-3-15(4-8-17)18(25)23-22-13-14-1-5-16(21)6-2-14/h1-8,13H,9-12H2,(H,23,25)/b22-13-. The molecule has 25 heavy (non-hydrogen) atoms. The molecular formula is C18H18Cl2FN3O. The van der Waals surface area contributed by atoms with Crippen molar-refractivity contribution in [2.45, 2.75) is 0 Å².